The number of amides is 2. The Morgan fingerprint density at radius 3 is 3.18 bits per heavy atom. The zero-order valence-electron chi connectivity index (χ0n) is 5.87. The summed E-state index contributed by atoms with van der Waals surface area (Å²) in [6.45, 7) is 1.10. The van der Waals surface area contributed by atoms with Crippen molar-refractivity contribution < 1.29 is 4.79 Å². The zero-order chi connectivity index (χ0) is 7.84. The summed E-state index contributed by atoms with van der Waals surface area (Å²) in [7, 11) is 0. The molecule has 0 atom stereocenters. The Morgan fingerprint density at radius 2 is 2.55 bits per heavy atom. The molecule has 5 heteroatoms. The summed E-state index contributed by atoms with van der Waals surface area (Å²) in [4.78, 5) is 19.2. The van der Waals surface area contributed by atoms with E-state index in [1.807, 2.05) is 0 Å². The number of imidazole rings is 1. The van der Waals surface area contributed by atoms with E-state index < -0.39 is 6.03 Å². The highest BCUT2D eigenvalue weighted by atomic mass is 16.2. The molecule has 0 saturated carbocycles. The van der Waals surface area contributed by atoms with Crippen molar-refractivity contribution in [1.82, 2.24) is 14.9 Å². The van der Waals surface area contributed by atoms with Gasteiger partial charge in [-0.3, -0.25) is 0 Å². The number of aromatic nitrogens is 2. The van der Waals surface area contributed by atoms with Gasteiger partial charge in [-0.15, -0.1) is 0 Å². The number of H-pyrrole nitrogens is 1. The maximum Gasteiger partial charge on any atom is 0.315 e. The topological polar surface area (TPSA) is 75.0 Å². The number of carbonyl (C=O) groups excluding carboxylic acids is 1. The predicted octanol–water partition coefficient (Wildman–Crippen LogP) is -0.196. The van der Waals surface area contributed by atoms with Crippen molar-refractivity contribution >= 4 is 6.03 Å². The number of nitrogens with zero attached hydrogens (tertiary/aromatic N) is 2. The van der Waals surface area contributed by atoms with Crippen LogP contribution in [0, 0.1) is 0 Å². The molecule has 2 rings (SSSR count). The molecular formula is C6H8N4O. The standard InChI is InChI=1S/C6H8N4O/c7-6(11)10-1-4-5(2-10)9-3-8-4/h3H,1-2H2,(H2,7,11)(H,8,9). The Bertz CT molecular complexity index is 272. The molecule has 3 N–H and O–H groups in total. The van der Waals surface area contributed by atoms with Crippen LogP contribution in [0.3, 0.4) is 0 Å². The minimum Gasteiger partial charge on any atom is -0.351 e. The van der Waals surface area contributed by atoms with E-state index in [1.165, 1.54) is 4.90 Å². The summed E-state index contributed by atoms with van der Waals surface area (Å²) in [5, 5.41) is 0. The lowest BCUT2D eigenvalue weighted by atomic mass is 10.4. The SMILES string of the molecule is NC(=O)N1Cc2nc[nH]c2C1. The molecule has 0 aromatic carbocycles. The maximum absolute atomic E-state index is 10.7. The molecule has 2 amide bonds. The van der Waals surface area contributed by atoms with Crippen LogP contribution in [-0.2, 0) is 13.1 Å². The van der Waals surface area contributed by atoms with Gasteiger partial charge in [0.2, 0.25) is 0 Å². The van der Waals surface area contributed by atoms with Crippen molar-refractivity contribution in [2.75, 3.05) is 0 Å². The van der Waals surface area contributed by atoms with Crippen molar-refractivity contribution in [1.29, 1.82) is 0 Å². The summed E-state index contributed by atoms with van der Waals surface area (Å²) in [6, 6.07) is -0.392. The smallest absolute Gasteiger partial charge is 0.315 e. The van der Waals surface area contributed by atoms with Gasteiger partial charge in [-0.1, -0.05) is 0 Å². The molecule has 1 aromatic rings. The van der Waals surface area contributed by atoms with Crippen molar-refractivity contribution in [3.63, 3.8) is 0 Å². The lowest BCUT2D eigenvalue weighted by molar-refractivity contribution is 0.207. The highest BCUT2D eigenvalue weighted by Crippen LogP contribution is 2.17. The molecule has 1 aromatic heterocycles. The molecule has 5 nitrogen and oxygen atoms in total. The van der Waals surface area contributed by atoms with Crippen LogP contribution in [-0.4, -0.2) is 20.9 Å². The normalized spacial score (nSPS) is 15.1. The second kappa shape index (κ2) is 1.98. The first-order valence-electron chi connectivity index (χ1n) is 3.33. The number of hydrogen-bond acceptors (Lipinski definition) is 2. The summed E-state index contributed by atoms with van der Waals surface area (Å²) >= 11 is 0. The second-order valence-corrected chi connectivity index (χ2v) is 2.52. The first-order valence-corrected chi connectivity index (χ1v) is 3.33. The summed E-state index contributed by atoms with van der Waals surface area (Å²) < 4.78 is 0. The Labute approximate surface area is 63.2 Å². The number of nitrogens with one attached hydrogen (secondary N) is 1. The first-order chi connectivity index (χ1) is 5.27. The van der Waals surface area contributed by atoms with E-state index in [2.05, 4.69) is 9.97 Å². The third-order valence-electron chi connectivity index (χ3n) is 1.81. The molecule has 0 spiro atoms. The number of rotatable bonds is 0. The minimum absolute atomic E-state index is 0.392. The van der Waals surface area contributed by atoms with E-state index in [0.717, 1.165) is 11.4 Å². The van der Waals surface area contributed by atoms with Gasteiger partial charge in [0.15, 0.2) is 0 Å². The van der Waals surface area contributed by atoms with E-state index in [4.69, 9.17) is 5.73 Å². The van der Waals surface area contributed by atoms with E-state index in [9.17, 15) is 4.79 Å². The molecule has 0 fully saturated rings. The van der Waals surface area contributed by atoms with E-state index in [0.29, 0.717) is 13.1 Å². The monoisotopic (exact) mass is 152 g/mol. The zero-order valence-corrected chi connectivity index (χ0v) is 5.87. The highest BCUT2D eigenvalue weighted by molar-refractivity contribution is 5.72. The van der Waals surface area contributed by atoms with Crippen LogP contribution in [0.4, 0.5) is 4.79 Å². The van der Waals surface area contributed by atoms with Crippen molar-refractivity contribution in [2.45, 2.75) is 13.1 Å². The quantitative estimate of drug-likeness (QED) is 0.540. The summed E-state index contributed by atoms with van der Waals surface area (Å²) in [5.74, 6) is 0. The van der Waals surface area contributed by atoms with Crippen molar-refractivity contribution in [3.05, 3.63) is 17.7 Å². The molecule has 1 aliphatic rings. The average Bonchev–Trinajstić information content (AvgIpc) is 2.40. The van der Waals surface area contributed by atoms with Crippen LogP contribution >= 0.6 is 0 Å². The molecule has 0 unspecified atom stereocenters. The van der Waals surface area contributed by atoms with Crippen LogP contribution in [0.2, 0.25) is 0 Å². The fourth-order valence-electron chi connectivity index (χ4n) is 1.21. The largest absolute Gasteiger partial charge is 0.351 e. The average molecular weight is 152 g/mol. The summed E-state index contributed by atoms with van der Waals surface area (Å²) in [5.41, 5.74) is 6.99. The summed E-state index contributed by atoms with van der Waals surface area (Å²) in [6.07, 6.45) is 1.63. The maximum atomic E-state index is 10.7. The molecule has 1 aliphatic heterocycles. The van der Waals surface area contributed by atoms with Crippen LogP contribution in [0.25, 0.3) is 0 Å². The third kappa shape index (κ3) is 0.849. The first kappa shape index (κ1) is 6.21. The van der Waals surface area contributed by atoms with Crippen LogP contribution in [0.1, 0.15) is 11.4 Å². The lowest BCUT2D eigenvalue weighted by Crippen LogP contribution is -2.31. The van der Waals surface area contributed by atoms with Crippen LogP contribution < -0.4 is 5.73 Å². The highest BCUT2D eigenvalue weighted by Gasteiger charge is 2.22. The molecule has 0 saturated heterocycles. The van der Waals surface area contributed by atoms with Gasteiger partial charge >= 0.3 is 6.03 Å². The molecule has 2 heterocycles. The molecule has 0 aliphatic carbocycles. The van der Waals surface area contributed by atoms with E-state index in [-0.39, 0.29) is 0 Å². The number of carbonyl (C=O) groups is 1. The Morgan fingerprint density at radius 1 is 1.73 bits per heavy atom. The number of fused-ring (bicyclic) bond motifs is 1. The second-order valence-electron chi connectivity index (χ2n) is 2.52. The van der Waals surface area contributed by atoms with Crippen molar-refractivity contribution in [2.24, 2.45) is 5.73 Å². The van der Waals surface area contributed by atoms with Gasteiger partial charge in [0.05, 0.1) is 30.8 Å². The number of hydrogen-bond donors (Lipinski definition) is 2. The molecule has 11 heavy (non-hydrogen) atoms. The van der Waals surface area contributed by atoms with Gasteiger partial charge in [-0.2, -0.15) is 0 Å². The minimum atomic E-state index is -0.392. The molecule has 0 radical (unpaired) electrons. The van der Waals surface area contributed by atoms with Crippen LogP contribution in [0.5, 0.6) is 0 Å². The van der Waals surface area contributed by atoms with Gasteiger partial charge in [-0.05, 0) is 0 Å². The lowest BCUT2D eigenvalue weighted by Gasteiger charge is -2.09. The van der Waals surface area contributed by atoms with Gasteiger partial charge in [-0.25, -0.2) is 9.78 Å². The molecule has 58 valence electrons. The Kier molecular flexibility index (Phi) is 1.12. The van der Waals surface area contributed by atoms with Gasteiger partial charge in [0, 0.05) is 0 Å². The van der Waals surface area contributed by atoms with Gasteiger partial charge in [0.1, 0.15) is 0 Å². The number of urea groups is 1. The van der Waals surface area contributed by atoms with E-state index in [1.54, 1.807) is 6.33 Å². The van der Waals surface area contributed by atoms with Gasteiger partial charge in [0.25, 0.3) is 0 Å². The molecular weight excluding hydrogens is 144 g/mol. The predicted molar refractivity (Wildman–Crippen MR) is 37.4 cm³/mol. The van der Waals surface area contributed by atoms with Crippen LogP contribution in [0.15, 0.2) is 6.33 Å². The van der Waals surface area contributed by atoms with E-state index >= 15 is 0 Å². The molecule has 0 bridgehead atoms. The Balaban J connectivity index is 2.22. The Hall–Kier alpha value is -1.52. The fraction of sp³-hybridized carbons (Fsp3) is 0.333. The van der Waals surface area contributed by atoms with Gasteiger partial charge < -0.3 is 15.6 Å². The number of aromatic amines is 1. The third-order valence-corrected chi connectivity index (χ3v) is 1.81. The number of nitrogens with two attached hydrogens (primary N) is 1. The van der Waals surface area contributed by atoms with Crippen molar-refractivity contribution in [3.8, 4) is 0 Å². The number of primary amides is 1. The fourth-order valence-corrected chi connectivity index (χ4v) is 1.21.